The molecule has 1 aromatic heterocycles. The van der Waals surface area contributed by atoms with E-state index in [9.17, 15) is 27.2 Å². The number of aliphatic carboxylic acids is 1. The van der Waals surface area contributed by atoms with Crippen LogP contribution in [0.2, 0.25) is 5.02 Å². The molecule has 2 atom stereocenters. The molecule has 0 bridgehead atoms. The van der Waals surface area contributed by atoms with Gasteiger partial charge in [0, 0.05) is 30.4 Å². The monoisotopic (exact) mass is 513 g/mol. The smallest absolute Gasteiger partial charge is 0.396 e. The average molecular weight is 514 g/mol. The minimum absolute atomic E-state index is 0.0125. The lowest BCUT2D eigenvalue weighted by atomic mass is 9.82. The van der Waals surface area contributed by atoms with Crippen LogP contribution in [-0.4, -0.2) is 28.4 Å². The van der Waals surface area contributed by atoms with Crippen LogP contribution < -0.4 is 15.0 Å². The first-order chi connectivity index (χ1) is 16.4. The van der Waals surface area contributed by atoms with E-state index in [1.165, 1.54) is 38.2 Å². The molecule has 35 heavy (non-hydrogen) atoms. The Morgan fingerprint density at radius 3 is 2.37 bits per heavy atom. The van der Waals surface area contributed by atoms with Crippen LogP contribution in [0.3, 0.4) is 0 Å². The predicted octanol–water partition coefficient (Wildman–Crippen LogP) is 5.88. The Kier molecular flexibility index (Phi) is 7.74. The molecule has 3 rings (SSSR count). The standard InChI is InChI=1S/C24H20ClF4NO5/c1-13(23(24(27,28)29)14-3-8-21(31)30(2)11-14)17-6-4-15(9-18(17)25)35-16-5-7-19(26)20(10-16)34-12-22(32)33/h3-11,13,23H,12H2,1-2H3,(H,32,33). The number of nitrogens with zero attached hydrogens (tertiary/aromatic N) is 1. The Balaban J connectivity index is 1.87. The number of aryl methyl sites for hydroxylation is 1. The van der Waals surface area contributed by atoms with E-state index in [1.54, 1.807) is 0 Å². The second-order valence-electron chi connectivity index (χ2n) is 7.78. The van der Waals surface area contributed by atoms with Gasteiger partial charge in [-0.3, -0.25) is 4.79 Å². The molecule has 0 aliphatic carbocycles. The third-order valence-electron chi connectivity index (χ3n) is 5.27. The van der Waals surface area contributed by atoms with Crippen molar-refractivity contribution in [3.63, 3.8) is 0 Å². The van der Waals surface area contributed by atoms with Crippen molar-refractivity contribution in [2.24, 2.45) is 7.05 Å². The molecule has 0 aliphatic rings. The molecule has 0 saturated heterocycles. The van der Waals surface area contributed by atoms with E-state index in [1.807, 2.05) is 0 Å². The fraction of sp³-hybridized carbons (Fsp3) is 0.250. The fourth-order valence-corrected chi connectivity index (χ4v) is 3.96. The zero-order valence-electron chi connectivity index (χ0n) is 18.5. The highest BCUT2D eigenvalue weighted by Crippen LogP contribution is 2.46. The molecule has 1 heterocycles. The first-order valence-electron chi connectivity index (χ1n) is 10.2. The lowest BCUT2D eigenvalue weighted by Gasteiger charge is -2.28. The third kappa shape index (κ3) is 6.33. The van der Waals surface area contributed by atoms with Crippen LogP contribution >= 0.6 is 11.6 Å². The fourth-order valence-electron chi connectivity index (χ4n) is 3.61. The minimum atomic E-state index is -4.62. The van der Waals surface area contributed by atoms with Gasteiger partial charge in [0.25, 0.3) is 0 Å². The second kappa shape index (κ2) is 10.4. The summed E-state index contributed by atoms with van der Waals surface area (Å²) in [6.07, 6.45) is -3.46. The van der Waals surface area contributed by atoms with Gasteiger partial charge >= 0.3 is 12.1 Å². The number of carbonyl (C=O) groups is 1. The van der Waals surface area contributed by atoms with Gasteiger partial charge in [0.05, 0.1) is 5.92 Å². The van der Waals surface area contributed by atoms with Crippen molar-refractivity contribution in [1.82, 2.24) is 4.57 Å². The van der Waals surface area contributed by atoms with Crippen LogP contribution in [0.15, 0.2) is 59.5 Å². The quantitative estimate of drug-likeness (QED) is 0.380. The zero-order chi connectivity index (χ0) is 25.9. The summed E-state index contributed by atoms with van der Waals surface area (Å²) in [5.74, 6) is -5.19. The number of alkyl halides is 3. The molecular formula is C24H20ClF4NO5. The lowest BCUT2D eigenvalue weighted by Crippen LogP contribution is -2.28. The van der Waals surface area contributed by atoms with Gasteiger partial charge in [0.1, 0.15) is 11.5 Å². The van der Waals surface area contributed by atoms with E-state index in [4.69, 9.17) is 26.2 Å². The van der Waals surface area contributed by atoms with Crippen molar-refractivity contribution in [2.45, 2.75) is 24.9 Å². The molecule has 0 amide bonds. The number of carboxylic acid groups (broad SMARTS) is 1. The normalized spacial score (nSPS) is 13.2. The van der Waals surface area contributed by atoms with E-state index in [0.717, 1.165) is 35.0 Å². The van der Waals surface area contributed by atoms with Gasteiger partial charge in [0.15, 0.2) is 18.2 Å². The molecule has 0 radical (unpaired) electrons. The maximum Gasteiger partial charge on any atom is 0.396 e. The van der Waals surface area contributed by atoms with Gasteiger partial charge in [-0.2, -0.15) is 13.2 Å². The number of rotatable bonds is 8. The van der Waals surface area contributed by atoms with Gasteiger partial charge in [-0.15, -0.1) is 0 Å². The number of hydrogen-bond acceptors (Lipinski definition) is 4. The Labute approximate surface area is 202 Å². The average Bonchev–Trinajstić information content (AvgIpc) is 2.75. The van der Waals surface area contributed by atoms with Crippen molar-refractivity contribution in [3.05, 3.63) is 87.0 Å². The van der Waals surface area contributed by atoms with Crippen molar-refractivity contribution >= 4 is 17.6 Å². The number of ether oxygens (including phenoxy) is 2. The SMILES string of the molecule is CC(c1ccc(Oc2ccc(F)c(OCC(=O)O)c2)cc1Cl)C(c1ccc(=O)n(C)c1)C(F)(F)F. The van der Waals surface area contributed by atoms with Gasteiger partial charge in [-0.05, 0) is 41.3 Å². The number of aromatic nitrogens is 1. The Morgan fingerprint density at radius 1 is 1.11 bits per heavy atom. The minimum Gasteiger partial charge on any atom is -0.479 e. The van der Waals surface area contributed by atoms with Gasteiger partial charge in [-0.25, -0.2) is 9.18 Å². The van der Waals surface area contributed by atoms with Crippen molar-refractivity contribution in [2.75, 3.05) is 6.61 Å². The molecule has 2 aromatic carbocycles. The predicted molar refractivity (Wildman–Crippen MR) is 120 cm³/mol. The number of halogens is 5. The maximum absolute atomic E-state index is 14.0. The Bertz CT molecular complexity index is 1290. The Hall–Kier alpha value is -3.53. The summed E-state index contributed by atoms with van der Waals surface area (Å²) < 4.78 is 67.4. The summed E-state index contributed by atoms with van der Waals surface area (Å²) in [7, 11) is 1.37. The van der Waals surface area contributed by atoms with Crippen LogP contribution in [0.4, 0.5) is 17.6 Å². The summed E-state index contributed by atoms with van der Waals surface area (Å²) in [6.45, 7) is 0.631. The first-order valence-corrected chi connectivity index (χ1v) is 10.6. The number of pyridine rings is 1. The van der Waals surface area contributed by atoms with E-state index >= 15 is 0 Å². The van der Waals surface area contributed by atoms with Gasteiger partial charge in [-0.1, -0.05) is 30.7 Å². The molecule has 2 unspecified atom stereocenters. The summed E-state index contributed by atoms with van der Waals surface area (Å²) in [4.78, 5) is 22.3. The summed E-state index contributed by atoms with van der Waals surface area (Å²) >= 11 is 6.32. The van der Waals surface area contributed by atoms with E-state index in [2.05, 4.69) is 0 Å². The second-order valence-corrected chi connectivity index (χ2v) is 8.19. The van der Waals surface area contributed by atoms with Crippen LogP contribution in [-0.2, 0) is 11.8 Å². The summed E-state index contributed by atoms with van der Waals surface area (Å²) in [6, 6.07) is 9.79. The molecule has 0 aliphatic heterocycles. The highest BCUT2D eigenvalue weighted by atomic mass is 35.5. The highest BCUT2D eigenvalue weighted by molar-refractivity contribution is 6.31. The van der Waals surface area contributed by atoms with E-state index < -0.39 is 42.0 Å². The highest BCUT2D eigenvalue weighted by Gasteiger charge is 2.45. The maximum atomic E-state index is 14.0. The van der Waals surface area contributed by atoms with Crippen molar-refractivity contribution < 1.29 is 36.9 Å². The number of benzene rings is 2. The third-order valence-corrected chi connectivity index (χ3v) is 5.60. The summed E-state index contributed by atoms with van der Waals surface area (Å²) in [5.41, 5.74) is -0.303. The molecular weight excluding hydrogens is 494 g/mol. The van der Waals surface area contributed by atoms with Crippen LogP contribution in [0.1, 0.15) is 29.9 Å². The van der Waals surface area contributed by atoms with E-state index in [0.29, 0.717) is 0 Å². The van der Waals surface area contributed by atoms with Crippen molar-refractivity contribution in [3.8, 4) is 17.2 Å². The topological polar surface area (TPSA) is 77.8 Å². The molecule has 186 valence electrons. The lowest BCUT2D eigenvalue weighted by molar-refractivity contribution is -0.155. The van der Waals surface area contributed by atoms with Gasteiger partial charge in [0.2, 0.25) is 5.56 Å². The molecule has 6 nitrogen and oxygen atoms in total. The first kappa shape index (κ1) is 26.1. The van der Waals surface area contributed by atoms with Gasteiger partial charge < -0.3 is 19.1 Å². The molecule has 0 spiro atoms. The van der Waals surface area contributed by atoms with Crippen LogP contribution in [0, 0.1) is 5.82 Å². The van der Waals surface area contributed by atoms with Crippen LogP contribution in [0.25, 0.3) is 0 Å². The van der Waals surface area contributed by atoms with Crippen LogP contribution in [0.5, 0.6) is 17.2 Å². The zero-order valence-corrected chi connectivity index (χ0v) is 19.2. The molecule has 11 heteroatoms. The van der Waals surface area contributed by atoms with E-state index in [-0.39, 0.29) is 33.4 Å². The molecule has 0 fully saturated rings. The molecule has 3 aromatic rings. The molecule has 0 saturated carbocycles. The van der Waals surface area contributed by atoms with Crippen molar-refractivity contribution in [1.29, 1.82) is 0 Å². The summed E-state index contributed by atoms with van der Waals surface area (Å²) in [5, 5.41) is 8.69. The molecule has 1 N–H and O–H groups in total. The Morgan fingerprint density at radius 2 is 1.77 bits per heavy atom. The number of hydrogen-bond donors (Lipinski definition) is 1. The number of carboxylic acids is 1. The largest absolute Gasteiger partial charge is 0.479 e.